The van der Waals surface area contributed by atoms with Crippen molar-refractivity contribution in [3.05, 3.63) is 29.8 Å². The Balaban J connectivity index is 2.41. The van der Waals surface area contributed by atoms with Crippen LogP contribution in [0.5, 0.6) is 0 Å². The second-order valence-electron chi connectivity index (χ2n) is 4.94. The predicted molar refractivity (Wildman–Crippen MR) is 60.3 cm³/mol. The zero-order valence-electron chi connectivity index (χ0n) is 9.78. The van der Waals surface area contributed by atoms with Gasteiger partial charge >= 0.3 is 0 Å². The standard InChI is InChI=1S/C13H18FNO/c1-9-4-3-6-13(16,10(9)2)11-5-7-15-8-12(11)14/h5,7-10,16H,3-4,6H2,1-2H3. The van der Waals surface area contributed by atoms with Crippen LogP contribution < -0.4 is 0 Å². The van der Waals surface area contributed by atoms with Crippen LogP contribution in [0.2, 0.25) is 0 Å². The van der Waals surface area contributed by atoms with Gasteiger partial charge < -0.3 is 5.11 Å². The highest BCUT2D eigenvalue weighted by Crippen LogP contribution is 2.44. The zero-order chi connectivity index (χ0) is 11.8. The normalized spacial score (nSPS) is 35.0. The van der Waals surface area contributed by atoms with Crippen LogP contribution in [0.3, 0.4) is 0 Å². The van der Waals surface area contributed by atoms with Crippen molar-refractivity contribution in [3.63, 3.8) is 0 Å². The van der Waals surface area contributed by atoms with Crippen LogP contribution in [0.15, 0.2) is 18.5 Å². The summed E-state index contributed by atoms with van der Waals surface area (Å²) < 4.78 is 13.7. The topological polar surface area (TPSA) is 33.1 Å². The average Bonchev–Trinajstić information content (AvgIpc) is 2.26. The van der Waals surface area contributed by atoms with E-state index in [0.717, 1.165) is 12.8 Å². The summed E-state index contributed by atoms with van der Waals surface area (Å²) in [7, 11) is 0. The van der Waals surface area contributed by atoms with Gasteiger partial charge in [-0.3, -0.25) is 4.98 Å². The minimum absolute atomic E-state index is 0.0816. The Hall–Kier alpha value is -0.960. The van der Waals surface area contributed by atoms with Crippen molar-refractivity contribution >= 4 is 0 Å². The molecule has 3 atom stereocenters. The molecule has 88 valence electrons. The van der Waals surface area contributed by atoms with Gasteiger partial charge in [0.1, 0.15) is 5.82 Å². The van der Waals surface area contributed by atoms with E-state index in [9.17, 15) is 9.50 Å². The molecule has 0 aliphatic heterocycles. The lowest BCUT2D eigenvalue weighted by Gasteiger charge is -2.42. The molecule has 2 rings (SSSR count). The van der Waals surface area contributed by atoms with Gasteiger partial charge in [0.15, 0.2) is 0 Å². The first-order chi connectivity index (χ1) is 7.55. The van der Waals surface area contributed by atoms with E-state index >= 15 is 0 Å². The van der Waals surface area contributed by atoms with Gasteiger partial charge in [-0.1, -0.05) is 20.3 Å². The number of aromatic nitrogens is 1. The maximum Gasteiger partial charge on any atom is 0.147 e. The Morgan fingerprint density at radius 3 is 2.94 bits per heavy atom. The van der Waals surface area contributed by atoms with E-state index in [0.29, 0.717) is 17.9 Å². The molecule has 1 aromatic heterocycles. The van der Waals surface area contributed by atoms with Crippen LogP contribution in [0.25, 0.3) is 0 Å². The highest BCUT2D eigenvalue weighted by atomic mass is 19.1. The van der Waals surface area contributed by atoms with Crippen LogP contribution in [-0.4, -0.2) is 10.1 Å². The summed E-state index contributed by atoms with van der Waals surface area (Å²) in [6, 6.07) is 1.60. The third kappa shape index (κ3) is 1.73. The Morgan fingerprint density at radius 2 is 2.25 bits per heavy atom. The summed E-state index contributed by atoms with van der Waals surface area (Å²) in [5.74, 6) is 0.107. The number of halogens is 1. The van der Waals surface area contributed by atoms with Crippen LogP contribution >= 0.6 is 0 Å². The maximum absolute atomic E-state index is 13.7. The van der Waals surface area contributed by atoms with Crippen molar-refractivity contribution in [1.82, 2.24) is 4.98 Å². The summed E-state index contributed by atoms with van der Waals surface area (Å²) in [5.41, 5.74) is -0.619. The molecule has 1 fully saturated rings. The zero-order valence-corrected chi connectivity index (χ0v) is 9.78. The number of aliphatic hydroxyl groups is 1. The SMILES string of the molecule is CC1CCCC(O)(c2ccncc2F)C1C. The van der Waals surface area contributed by atoms with Crippen molar-refractivity contribution in [2.45, 2.75) is 38.7 Å². The highest BCUT2D eigenvalue weighted by molar-refractivity contribution is 5.23. The van der Waals surface area contributed by atoms with Gasteiger partial charge in [-0.05, 0) is 30.7 Å². The fraction of sp³-hybridized carbons (Fsp3) is 0.615. The van der Waals surface area contributed by atoms with E-state index in [-0.39, 0.29) is 5.92 Å². The summed E-state index contributed by atoms with van der Waals surface area (Å²) in [5, 5.41) is 10.7. The number of nitrogens with zero attached hydrogens (tertiary/aromatic N) is 1. The lowest BCUT2D eigenvalue weighted by atomic mass is 9.67. The Bertz CT molecular complexity index is 382. The van der Waals surface area contributed by atoms with E-state index in [1.165, 1.54) is 6.20 Å². The Labute approximate surface area is 95.5 Å². The fourth-order valence-electron chi connectivity index (χ4n) is 2.75. The first kappa shape index (κ1) is 11.5. The number of hydrogen-bond donors (Lipinski definition) is 1. The van der Waals surface area contributed by atoms with Crippen LogP contribution in [0.1, 0.15) is 38.7 Å². The van der Waals surface area contributed by atoms with Crippen LogP contribution in [0, 0.1) is 17.7 Å². The summed E-state index contributed by atoms with van der Waals surface area (Å²) in [4.78, 5) is 3.73. The average molecular weight is 223 g/mol. The molecule has 0 radical (unpaired) electrons. The number of hydrogen-bond acceptors (Lipinski definition) is 2. The molecule has 1 aliphatic carbocycles. The minimum Gasteiger partial charge on any atom is -0.385 e. The third-order valence-corrected chi connectivity index (χ3v) is 4.06. The van der Waals surface area contributed by atoms with E-state index in [4.69, 9.17) is 0 Å². The maximum atomic E-state index is 13.7. The summed E-state index contributed by atoms with van der Waals surface area (Å²) >= 11 is 0. The molecule has 1 saturated carbocycles. The molecule has 0 bridgehead atoms. The second kappa shape index (κ2) is 4.13. The fourth-order valence-corrected chi connectivity index (χ4v) is 2.75. The van der Waals surface area contributed by atoms with Gasteiger partial charge in [-0.25, -0.2) is 4.39 Å². The van der Waals surface area contributed by atoms with E-state index in [1.54, 1.807) is 12.3 Å². The molecule has 0 saturated heterocycles. The molecule has 2 nitrogen and oxygen atoms in total. The molecule has 3 unspecified atom stereocenters. The van der Waals surface area contributed by atoms with Crippen molar-refractivity contribution in [1.29, 1.82) is 0 Å². The molecule has 3 heteroatoms. The molecule has 16 heavy (non-hydrogen) atoms. The molecule has 0 spiro atoms. The molecule has 0 amide bonds. The summed E-state index contributed by atoms with van der Waals surface area (Å²) in [6.07, 6.45) is 5.42. The Morgan fingerprint density at radius 1 is 1.50 bits per heavy atom. The van der Waals surface area contributed by atoms with Gasteiger partial charge in [-0.2, -0.15) is 0 Å². The lowest BCUT2D eigenvalue weighted by molar-refractivity contribution is -0.0713. The predicted octanol–water partition coefficient (Wildman–Crippen LogP) is 2.86. The Kier molecular flexibility index (Phi) is 2.98. The van der Waals surface area contributed by atoms with Crippen LogP contribution in [0.4, 0.5) is 4.39 Å². The lowest BCUT2D eigenvalue weighted by Crippen LogP contribution is -2.41. The molecule has 1 N–H and O–H groups in total. The van der Waals surface area contributed by atoms with Crippen molar-refractivity contribution < 1.29 is 9.50 Å². The van der Waals surface area contributed by atoms with Gasteiger partial charge in [0, 0.05) is 11.8 Å². The monoisotopic (exact) mass is 223 g/mol. The highest BCUT2D eigenvalue weighted by Gasteiger charge is 2.42. The van der Waals surface area contributed by atoms with Gasteiger partial charge in [0.2, 0.25) is 0 Å². The quantitative estimate of drug-likeness (QED) is 0.794. The van der Waals surface area contributed by atoms with Crippen molar-refractivity contribution in [2.24, 2.45) is 11.8 Å². The number of rotatable bonds is 1. The molecule has 0 aromatic carbocycles. The smallest absolute Gasteiger partial charge is 0.147 e. The molecular weight excluding hydrogens is 205 g/mol. The minimum atomic E-state index is -1.02. The van der Waals surface area contributed by atoms with Gasteiger partial charge in [-0.15, -0.1) is 0 Å². The molecule has 1 aliphatic rings. The van der Waals surface area contributed by atoms with E-state index in [2.05, 4.69) is 11.9 Å². The first-order valence-corrected chi connectivity index (χ1v) is 5.88. The van der Waals surface area contributed by atoms with E-state index in [1.807, 2.05) is 6.92 Å². The van der Waals surface area contributed by atoms with Crippen molar-refractivity contribution in [2.75, 3.05) is 0 Å². The third-order valence-electron chi connectivity index (χ3n) is 4.06. The molecule has 1 aromatic rings. The summed E-state index contributed by atoms with van der Waals surface area (Å²) in [6.45, 7) is 4.12. The first-order valence-electron chi connectivity index (χ1n) is 5.88. The molecular formula is C13H18FNO. The largest absolute Gasteiger partial charge is 0.385 e. The molecule has 1 heterocycles. The second-order valence-corrected chi connectivity index (χ2v) is 4.94. The van der Waals surface area contributed by atoms with E-state index < -0.39 is 11.4 Å². The van der Waals surface area contributed by atoms with Gasteiger partial charge in [0.05, 0.1) is 11.8 Å². The van der Waals surface area contributed by atoms with Crippen molar-refractivity contribution in [3.8, 4) is 0 Å². The van der Waals surface area contributed by atoms with Crippen LogP contribution in [-0.2, 0) is 5.60 Å². The van der Waals surface area contributed by atoms with Gasteiger partial charge in [0.25, 0.3) is 0 Å². The number of pyridine rings is 1.